The van der Waals surface area contributed by atoms with Crippen LogP contribution in [0.25, 0.3) is 22.7 Å². The van der Waals surface area contributed by atoms with Crippen LogP contribution in [0.1, 0.15) is 48.8 Å². The molecule has 7 rings (SSSR count). The molecule has 0 unspecified atom stereocenters. The molecule has 2 heterocycles. The van der Waals surface area contributed by atoms with Crippen molar-refractivity contribution < 1.29 is 0 Å². The Hall–Kier alpha value is -3.64. The van der Waals surface area contributed by atoms with Crippen LogP contribution in [-0.2, 0) is 18.3 Å². The van der Waals surface area contributed by atoms with Gasteiger partial charge in [0.15, 0.2) is 5.16 Å². The van der Waals surface area contributed by atoms with Gasteiger partial charge >= 0.3 is 0 Å². The first-order valence-electron chi connectivity index (χ1n) is 13.6. The maximum absolute atomic E-state index is 14.6. The van der Waals surface area contributed by atoms with Crippen LogP contribution in [0.15, 0.2) is 94.9 Å². The zero-order chi connectivity index (χ0) is 25.5. The van der Waals surface area contributed by atoms with E-state index < -0.39 is 0 Å². The van der Waals surface area contributed by atoms with Crippen LogP contribution in [0.2, 0.25) is 0 Å². The summed E-state index contributed by atoms with van der Waals surface area (Å²) in [6.07, 6.45) is 7.51. The van der Waals surface area contributed by atoms with Crippen LogP contribution >= 0.6 is 11.8 Å². The van der Waals surface area contributed by atoms with Gasteiger partial charge in [0, 0.05) is 22.3 Å². The normalized spacial score (nSPS) is 15.9. The molecule has 190 valence electrons. The predicted octanol–water partition coefficient (Wildman–Crippen LogP) is 6.64. The van der Waals surface area contributed by atoms with Crippen molar-refractivity contribution in [2.24, 2.45) is 0 Å². The second kappa shape index (κ2) is 9.59. The van der Waals surface area contributed by atoms with Crippen molar-refractivity contribution in [1.29, 1.82) is 0 Å². The van der Waals surface area contributed by atoms with Crippen molar-refractivity contribution >= 4 is 17.5 Å². The van der Waals surface area contributed by atoms with E-state index in [1.165, 1.54) is 17.5 Å². The SMILES string of the molecule is O=c1c2c(n3c(SCCc4ccccc4)nnc3n1-c1ccccc1)-c1ccccc1CC21CCCCC1. The lowest BCUT2D eigenvalue weighted by molar-refractivity contribution is 0.284. The third kappa shape index (κ3) is 3.81. The van der Waals surface area contributed by atoms with Gasteiger partial charge in [-0.1, -0.05) is 104 Å². The Labute approximate surface area is 226 Å². The molecule has 2 aliphatic carbocycles. The van der Waals surface area contributed by atoms with Gasteiger partial charge in [0.2, 0.25) is 5.78 Å². The summed E-state index contributed by atoms with van der Waals surface area (Å²) in [6.45, 7) is 0. The van der Waals surface area contributed by atoms with Crippen LogP contribution in [0.4, 0.5) is 0 Å². The van der Waals surface area contributed by atoms with Crippen LogP contribution < -0.4 is 5.56 Å². The third-order valence-electron chi connectivity index (χ3n) is 8.32. The lowest BCUT2D eigenvalue weighted by Crippen LogP contribution is -2.43. The molecule has 2 aromatic heterocycles. The van der Waals surface area contributed by atoms with Crippen molar-refractivity contribution in [3.63, 3.8) is 0 Å². The van der Waals surface area contributed by atoms with E-state index in [9.17, 15) is 4.79 Å². The van der Waals surface area contributed by atoms with Gasteiger partial charge in [-0.15, -0.1) is 10.2 Å². The van der Waals surface area contributed by atoms with E-state index in [0.717, 1.165) is 71.9 Å². The number of hydrogen-bond acceptors (Lipinski definition) is 4. The molecule has 5 aromatic rings. The predicted molar refractivity (Wildman–Crippen MR) is 153 cm³/mol. The topological polar surface area (TPSA) is 52.2 Å². The molecular weight excluding hydrogens is 488 g/mol. The molecule has 0 aliphatic heterocycles. The summed E-state index contributed by atoms with van der Waals surface area (Å²) in [7, 11) is 0. The first kappa shape index (κ1) is 23.5. The van der Waals surface area contributed by atoms with E-state index in [4.69, 9.17) is 0 Å². The van der Waals surface area contributed by atoms with Crippen LogP contribution in [-0.4, -0.2) is 24.9 Å². The molecule has 0 saturated heterocycles. The molecule has 0 atom stereocenters. The molecule has 1 saturated carbocycles. The Bertz CT molecular complexity index is 1670. The molecule has 1 spiro atoms. The number of aromatic nitrogens is 4. The number of benzene rings is 3. The van der Waals surface area contributed by atoms with Gasteiger partial charge in [0.1, 0.15) is 0 Å². The first-order valence-corrected chi connectivity index (χ1v) is 14.6. The van der Waals surface area contributed by atoms with E-state index in [2.05, 4.69) is 69.2 Å². The monoisotopic (exact) mass is 518 g/mol. The molecule has 2 aliphatic rings. The van der Waals surface area contributed by atoms with Gasteiger partial charge in [-0.05, 0) is 48.9 Å². The summed E-state index contributed by atoms with van der Waals surface area (Å²) in [5, 5.41) is 10.2. The Morgan fingerprint density at radius 2 is 1.53 bits per heavy atom. The number of thioether (sulfide) groups is 1. The van der Waals surface area contributed by atoms with Crippen molar-refractivity contribution in [3.05, 3.63) is 112 Å². The average Bonchev–Trinajstić information content (AvgIpc) is 3.37. The zero-order valence-electron chi connectivity index (χ0n) is 21.3. The van der Waals surface area contributed by atoms with Crippen molar-refractivity contribution in [2.45, 2.75) is 55.5 Å². The number of para-hydroxylation sites is 1. The van der Waals surface area contributed by atoms with E-state index in [1.54, 1.807) is 16.3 Å². The van der Waals surface area contributed by atoms with E-state index in [-0.39, 0.29) is 11.0 Å². The number of fused-ring (bicyclic) bond motifs is 6. The standard InChI is InChI=1S/C32H30N4OS/c37-29-27-28(26-17-9-8-14-24(26)22-32(27)19-10-3-11-20-32)36-30(35(29)25-15-6-2-7-16-25)33-34-31(36)38-21-18-23-12-4-1-5-13-23/h1-2,4-9,12-17H,3,10-11,18-22H2. The Kier molecular flexibility index (Phi) is 5.92. The summed E-state index contributed by atoms with van der Waals surface area (Å²) in [4.78, 5) is 14.6. The molecule has 38 heavy (non-hydrogen) atoms. The van der Waals surface area contributed by atoms with Gasteiger partial charge in [0.05, 0.1) is 11.4 Å². The summed E-state index contributed by atoms with van der Waals surface area (Å²) in [6, 6.07) is 29.1. The summed E-state index contributed by atoms with van der Waals surface area (Å²) < 4.78 is 3.99. The second-order valence-corrected chi connectivity index (χ2v) is 11.6. The number of hydrogen-bond donors (Lipinski definition) is 0. The summed E-state index contributed by atoms with van der Waals surface area (Å²) in [5.41, 5.74) is 6.49. The van der Waals surface area contributed by atoms with Crippen LogP contribution in [0, 0.1) is 0 Å². The minimum absolute atomic E-state index is 0.0586. The van der Waals surface area contributed by atoms with Gasteiger partial charge < -0.3 is 0 Å². The first-order chi connectivity index (χ1) is 18.8. The number of aryl methyl sites for hydroxylation is 1. The van der Waals surface area contributed by atoms with E-state index in [1.807, 2.05) is 30.3 Å². The zero-order valence-corrected chi connectivity index (χ0v) is 22.2. The Balaban J connectivity index is 1.48. The van der Waals surface area contributed by atoms with Crippen molar-refractivity contribution in [3.8, 4) is 16.9 Å². The van der Waals surface area contributed by atoms with Crippen LogP contribution in [0.5, 0.6) is 0 Å². The largest absolute Gasteiger partial charge is 0.268 e. The van der Waals surface area contributed by atoms with Gasteiger partial charge in [-0.2, -0.15) is 0 Å². The fraction of sp³-hybridized carbons (Fsp3) is 0.281. The number of rotatable bonds is 5. The lowest BCUT2D eigenvalue weighted by Gasteiger charge is -2.42. The third-order valence-corrected chi connectivity index (χ3v) is 9.25. The van der Waals surface area contributed by atoms with E-state index in [0.29, 0.717) is 5.78 Å². The lowest BCUT2D eigenvalue weighted by atomic mass is 9.62. The molecule has 0 N–H and O–H groups in total. The smallest absolute Gasteiger partial charge is 0.263 e. The average molecular weight is 519 g/mol. The fourth-order valence-corrected chi connectivity index (χ4v) is 7.49. The van der Waals surface area contributed by atoms with Gasteiger partial charge in [-0.25, -0.2) is 4.57 Å². The van der Waals surface area contributed by atoms with Crippen LogP contribution in [0.3, 0.4) is 0 Å². The molecule has 0 radical (unpaired) electrons. The minimum atomic E-state index is -0.153. The van der Waals surface area contributed by atoms with Crippen molar-refractivity contribution in [1.82, 2.24) is 19.2 Å². The highest BCUT2D eigenvalue weighted by Gasteiger charge is 2.44. The maximum Gasteiger partial charge on any atom is 0.263 e. The molecule has 1 fully saturated rings. The fourth-order valence-electron chi connectivity index (χ4n) is 6.57. The van der Waals surface area contributed by atoms with Gasteiger partial charge in [0.25, 0.3) is 5.56 Å². The number of nitrogens with zero attached hydrogens (tertiary/aromatic N) is 4. The molecule has 0 bridgehead atoms. The summed E-state index contributed by atoms with van der Waals surface area (Å²) in [5.74, 6) is 1.47. The maximum atomic E-state index is 14.6. The quantitative estimate of drug-likeness (QED) is 0.245. The molecule has 0 amide bonds. The highest BCUT2D eigenvalue weighted by molar-refractivity contribution is 7.99. The Morgan fingerprint density at radius 1 is 0.816 bits per heavy atom. The molecule has 5 nitrogen and oxygen atoms in total. The second-order valence-electron chi connectivity index (χ2n) is 10.6. The highest BCUT2D eigenvalue weighted by atomic mass is 32.2. The molecule has 3 aromatic carbocycles. The van der Waals surface area contributed by atoms with Crippen molar-refractivity contribution in [2.75, 3.05) is 5.75 Å². The summed E-state index contributed by atoms with van der Waals surface area (Å²) >= 11 is 1.72. The molecule has 6 heteroatoms. The molecular formula is C32H30N4OS. The van der Waals surface area contributed by atoms with Gasteiger partial charge in [-0.3, -0.25) is 9.20 Å². The van der Waals surface area contributed by atoms with E-state index >= 15 is 0 Å². The highest BCUT2D eigenvalue weighted by Crippen LogP contribution is 2.49. The minimum Gasteiger partial charge on any atom is -0.268 e. The Morgan fingerprint density at radius 3 is 2.32 bits per heavy atom.